The Kier molecular flexibility index (Phi) is 6.69. The van der Waals surface area contributed by atoms with E-state index in [1.807, 2.05) is 18.2 Å². The maximum atomic E-state index is 13.7. The van der Waals surface area contributed by atoms with Crippen LogP contribution in [0.2, 0.25) is 0 Å². The number of halogens is 1. The summed E-state index contributed by atoms with van der Waals surface area (Å²) < 4.78 is 24.2. The van der Waals surface area contributed by atoms with Crippen LogP contribution in [0, 0.1) is 11.7 Å². The number of benzene rings is 2. The van der Waals surface area contributed by atoms with Crippen molar-refractivity contribution in [3.05, 3.63) is 59.4 Å². The van der Waals surface area contributed by atoms with Crippen LogP contribution in [0.5, 0.6) is 11.5 Å². The number of nitrogens with one attached hydrogen (secondary N) is 1. The van der Waals surface area contributed by atoms with Crippen molar-refractivity contribution < 1.29 is 23.5 Å². The van der Waals surface area contributed by atoms with E-state index >= 15 is 0 Å². The minimum Gasteiger partial charge on any atom is -0.493 e. The number of carbonyl (C=O) groups is 2. The van der Waals surface area contributed by atoms with Gasteiger partial charge in [0.2, 0.25) is 11.8 Å². The molecule has 1 N–H and O–H groups in total. The highest BCUT2D eigenvalue weighted by Gasteiger charge is 2.33. The summed E-state index contributed by atoms with van der Waals surface area (Å²) in [5.74, 6) is 0.251. The summed E-state index contributed by atoms with van der Waals surface area (Å²) in [6, 6.07) is 12.0. The summed E-state index contributed by atoms with van der Waals surface area (Å²) in [6.07, 6.45) is 0.824. The SMILES string of the molecule is COc1ccc(CCN2C[C@H](C(=O)NCc3ccccc3F)CC2=O)cc1OC. The van der Waals surface area contributed by atoms with E-state index in [-0.39, 0.29) is 30.6 Å². The molecular weight excluding hydrogens is 375 g/mol. The number of methoxy groups -OCH3 is 2. The number of rotatable bonds is 8. The predicted molar refractivity (Wildman–Crippen MR) is 106 cm³/mol. The molecule has 2 aromatic rings. The van der Waals surface area contributed by atoms with Crippen molar-refractivity contribution in [3.8, 4) is 11.5 Å². The quantitative estimate of drug-likeness (QED) is 0.740. The van der Waals surface area contributed by atoms with Crippen LogP contribution in [0.15, 0.2) is 42.5 Å². The highest BCUT2D eigenvalue weighted by molar-refractivity contribution is 5.89. The molecule has 2 amide bonds. The largest absolute Gasteiger partial charge is 0.493 e. The van der Waals surface area contributed by atoms with E-state index in [4.69, 9.17) is 9.47 Å². The van der Waals surface area contributed by atoms with E-state index in [9.17, 15) is 14.0 Å². The zero-order valence-corrected chi connectivity index (χ0v) is 16.6. The molecule has 0 aromatic heterocycles. The van der Waals surface area contributed by atoms with Crippen molar-refractivity contribution >= 4 is 11.8 Å². The van der Waals surface area contributed by atoms with Crippen molar-refractivity contribution in [1.29, 1.82) is 0 Å². The molecule has 1 atom stereocenters. The summed E-state index contributed by atoms with van der Waals surface area (Å²) in [4.78, 5) is 26.4. The van der Waals surface area contributed by atoms with Crippen LogP contribution in [0.3, 0.4) is 0 Å². The monoisotopic (exact) mass is 400 g/mol. The van der Waals surface area contributed by atoms with Gasteiger partial charge >= 0.3 is 0 Å². The lowest BCUT2D eigenvalue weighted by Gasteiger charge is -2.17. The minimum atomic E-state index is -0.417. The Hall–Kier alpha value is -3.09. The Morgan fingerprint density at radius 1 is 1.17 bits per heavy atom. The van der Waals surface area contributed by atoms with Gasteiger partial charge in [-0.05, 0) is 30.2 Å². The van der Waals surface area contributed by atoms with Gasteiger partial charge in [0.1, 0.15) is 5.82 Å². The minimum absolute atomic E-state index is 0.0449. The van der Waals surface area contributed by atoms with Crippen LogP contribution >= 0.6 is 0 Å². The van der Waals surface area contributed by atoms with E-state index < -0.39 is 5.92 Å². The first-order valence-corrected chi connectivity index (χ1v) is 9.51. The maximum Gasteiger partial charge on any atom is 0.225 e. The standard InChI is InChI=1S/C22H25FN2O4/c1-28-19-8-7-15(11-20(19)29-2)9-10-25-14-17(12-21(25)26)22(27)24-13-16-5-3-4-6-18(16)23/h3-8,11,17H,9-10,12-14H2,1-2H3,(H,24,27)/t17-/m1/s1. The summed E-state index contributed by atoms with van der Waals surface area (Å²) >= 11 is 0. The summed E-state index contributed by atoms with van der Waals surface area (Å²) in [5, 5.41) is 2.74. The first kappa shape index (κ1) is 20.6. The molecule has 6 nitrogen and oxygen atoms in total. The molecule has 1 aliphatic rings. The molecule has 0 aliphatic carbocycles. The van der Waals surface area contributed by atoms with E-state index in [0.29, 0.717) is 36.6 Å². The van der Waals surface area contributed by atoms with Gasteiger partial charge in [-0.1, -0.05) is 24.3 Å². The second kappa shape index (κ2) is 9.41. The van der Waals surface area contributed by atoms with Crippen LogP contribution in [0.25, 0.3) is 0 Å². The van der Waals surface area contributed by atoms with Gasteiger partial charge in [-0.2, -0.15) is 0 Å². The Balaban J connectivity index is 1.52. The van der Waals surface area contributed by atoms with Crippen LogP contribution in [-0.2, 0) is 22.6 Å². The molecule has 0 unspecified atom stereocenters. The lowest BCUT2D eigenvalue weighted by molar-refractivity contribution is -0.129. The Morgan fingerprint density at radius 2 is 1.93 bits per heavy atom. The maximum absolute atomic E-state index is 13.7. The van der Waals surface area contributed by atoms with Crippen LogP contribution in [0.4, 0.5) is 4.39 Å². The van der Waals surface area contributed by atoms with Crippen LogP contribution in [0.1, 0.15) is 17.5 Å². The summed E-state index contributed by atoms with van der Waals surface area (Å²) in [5.41, 5.74) is 1.44. The molecule has 1 saturated heterocycles. The van der Waals surface area contributed by atoms with Gasteiger partial charge in [-0.15, -0.1) is 0 Å². The number of hydrogen-bond acceptors (Lipinski definition) is 4. The van der Waals surface area contributed by atoms with Gasteiger partial charge in [0.25, 0.3) is 0 Å². The van der Waals surface area contributed by atoms with Crippen molar-refractivity contribution in [3.63, 3.8) is 0 Å². The number of nitrogens with zero attached hydrogens (tertiary/aromatic N) is 1. The molecule has 1 aliphatic heterocycles. The Labute approximate surface area is 169 Å². The lowest BCUT2D eigenvalue weighted by Crippen LogP contribution is -2.33. The third kappa shape index (κ3) is 5.04. The normalized spacial score (nSPS) is 16.0. The average molecular weight is 400 g/mol. The van der Waals surface area contributed by atoms with E-state index in [0.717, 1.165) is 5.56 Å². The molecule has 0 radical (unpaired) electrons. The van der Waals surface area contributed by atoms with E-state index in [1.165, 1.54) is 6.07 Å². The lowest BCUT2D eigenvalue weighted by atomic mass is 10.1. The van der Waals surface area contributed by atoms with Gasteiger partial charge in [0.15, 0.2) is 11.5 Å². The molecular formula is C22H25FN2O4. The number of likely N-dealkylation sites (tertiary alicyclic amines) is 1. The highest BCUT2D eigenvalue weighted by Crippen LogP contribution is 2.28. The smallest absolute Gasteiger partial charge is 0.225 e. The fourth-order valence-corrected chi connectivity index (χ4v) is 3.43. The second-order valence-corrected chi connectivity index (χ2v) is 6.99. The van der Waals surface area contributed by atoms with Crippen LogP contribution < -0.4 is 14.8 Å². The zero-order valence-electron chi connectivity index (χ0n) is 16.6. The fraction of sp³-hybridized carbons (Fsp3) is 0.364. The van der Waals surface area contributed by atoms with Gasteiger partial charge in [-0.25, -0.2) is 4.39 Å². The molecule has 154 valence electrons. The van der Waals surface area contributed by atoms with Crippen molar-refractivity contribution in [2.75, 3.05) is 27.3 Å². The van der Waals surface area contributed by atoms with Gasteiger partial charge in [0, 0.05) is 31.6 Å². The number of amides is 2. The van der Waals surface area contributed by atoms with Gasteiger partial charge < -0.3 is 19.7 Å². The third-order valence-corrected chi connectivity index (χ3v) is 5.11. The topological polar surface area (TPSA) is 67.9 Å². The molecule has 7 heteroatoms. The molecule has 1 heterocycles. The van der Waals surface area contributed by atoms with E-state index in [1.54, 1.807) is 37.3 Å². The number of carbonyl (C=O) groups excluding carboxylic acids is 2. The van der Waals surface area contributed by atoms with E-state index in [2.05, 4.69) is 5.32 Å². The third-order valence-electron chi connectivity index (χ3n) is 5.11. The molecule has 0 spiro atoms. The average Bonchev–Trinajstić information content (AvgIpc) is 3.11. The Morgan fingerprint density at radius 3 is 2.66 bits per heavy atom. The molecule has 29 heavy (non-hydrogen) atoms. The summed E-state index contributed by atoms with van der Waals surface area (Å²) in [7, 11) is 3.16. The highest BCUT2D eigenvalue weighted by atomic mass is 19.1. The fourth-order valence-electron chi connectivity index (χ4n) is 3.43. The molecule has 1 fully saturated rings. The van der Waals surface area contributed by atoms with Crippen molar-refractivity contribution in [2.45, 2.75) is 19.4 Å². The summed E-state index contributed by atoms with van der Waals surface area (Å²) in [6.45, 7) is 1.00. The van der Waals surface area contributed by atoms with Gasteiger partial charge in [-0.3, -0.25) is 9.59 Å². The number of hydrogen-bond donors (Lipinski definition) is 1. The number of ether oxygens (including phenoxy) is 2. The van der Waals surface area contributed by atoms with Crippen molar-refractivity contribution in [1.82, 2.24) is 10.2 Å². The first-order valence-electron chi connectivity index (χ1n) is 9.51. The predicted octanol–water partition coefficient (Wildman–Crippen LogP) is 2.55. The molecule has 3 rings (SSSR count). The second-order valence-electron chi connectivity index (χ2n) is 6.99. The zero-order chi connectivity index (χ0) is 20.8. The van der Waals surface area contributed by atoms with Crippen molar-refractivity contribution in [2.24, 2.45) is 5.92 Å². The Bertz CT molecular complexity index is 887. The first-order chi connectivity index (χ1) is 14.0. The van der Waals surface area contributed by atoms with Gasteiger partial charge in [0.05, 0.1) is 20.1 Å². The van der Waals surface area contributed by atoms with Crippen LogP contribution in [-0.4, -0.2) is 44.0 Å². The molecule has 2 aromatic carbocycles. The molecule has 0 saturated carbocycles. The molecule has 0 bridgehead atoms.